The van der Waals surface area contributed by atoms with Crippen LogP contribution in [0.15, 0.2) is 0 Å². The summed E-state index contributed by atoms with van der Waals surface area (Å²) in [6.45, 7) is 0. The number of hydrogen-bond acceptors (Lipinski definition) is 0. The van der Waals surface area contributed by atoms with Gasteiger partial charge in [0, 0.05) is 0 Å². The van der Waals surface area contributed by atoms with Crippen molar-refractivity contribution in [1.29, 1.82) is 0 Å². The standard InChI is InChI=1S/3CH3.ClH.Pb/h3*1H3;1H;/p-1. The second-order valence-corrected chi connectivity index (χ2v) is 13.2. The maximum absolute atomic E-state index is 2.38. The molecule has 0 aromatic rings. The van der Waals surface area contributed by atoms with E-state index in [1.54, 1.807) is 0 Å². The first-order valence-corrected chi connectivity index (χ1v) is 13.2. The second-order valence-electron chi connectivity index (χ2n) is 1.50. The zero-order chi connectivity index (χ0) is 3.58. The SMILES string of the molecule is [CH3][Pb]([CH3])[CH3].[Cl-]. The molecule has 0 spiro atoms. The summed E-state index contributed by atoms with van der Waals surface area (Å²) < 4.78 is 7.14. The molecule has 0 N–H and O–H groups in total. The maximum Gasteiger partial charge on any atom is -1.00 e. The van der Waals surface area contributed by atoms with Gasteiger partial charge in [-0.25, -0.2) is 0 Å². The van der Waals surface area contributed by atoms with Crippen LogP contribution in [0.4, 0.5) is 0 Å². The maximum atomic E-state index is 2.38. The Balaban J connectivity index is 0. The minimum Gasteiger partial charge on any atom is -1.00 e. The van der Waals surface area contributed by atoms with E-state index < -0.39 is 22.7 Å². The Labute approximate surface area is 48.5 Å². The molecule has 0 fully saturated rings. The first-order valence-electron chi connectivity index (χ1n) is 1.50. The van der Waals surface area contributed by atoms with Gasteiger partial charge in [0.2, 0.25) is 0 Å². The fraction of sp³-hybridized carbons (Fsp3) is 1.00. The van der Waals surface area contributed by atoms with Crippen LogP contribution in [-0.4, -0.2) is 22.7 Å². The van der Waals surface area contributed by atoms with Crippen LogP contribution in [0.25, 0.3) is 0 Å². The molecule has 0 unspecified atom stereocenters. The van der Waals surface area contributed by atoms with Gasteiger partial charge in [0.1, 0.15) is 0 Å². The molecule has 0 bridgehead atoms. The largest absolute Gasteiger partial charge is 1.00 e. The molecule has 1 radical (unpaired) electrons. The Morgan fingerprint density at radius 1 is 1.00 bits per heavy atom. The molecule has 0 heterocycles. The fourth-order valence-corrected chi connectivity index (χ4v) is 0. The van der Waals surface area contributed by atoms with Gasteiger partial charge < -0.3 is 12.4 Å². The van der Waals surface area contributed by atoms with Crippen molar-refractivity contribution in [1.82, 2.24) is 0 Å². The van der Waals surface area contributed by atoms with E-state index in [1.807, 2.05) is 0 Å². The van der Waals surface area contributed by atoms with Gasteiger partial charge in [-0.1, -0.05) is 0 Å². The zero-order valence-electron chi connectivity index (χ0n) is 3.88. The molecule has 0 amide bonds. The van der Waals surface area contributed by atoms with Crippen molar-refractivity contribution < 1.29 is 12.4 Å². The Bertz CT molecular complexity index is 11.6. The normalized spacial score (nSPS) is 7.20. The van der Waals surface area contributed by atoms with Crippen molar-refractivity contribution in [2.24, 2.45) is 0 Å². The van der Waals surface area contributed by atoms with Crippen LogP contribution in [-0.2, 0) is 0 Å². The average molecular weight is 288 g/mol. The van der Waals surface area contributed by atoms with Crippen LogP contribution < -0.4 is 12.4 Å². The third kappa shape index (κ3) is 36.6. The number of hydrogen-bond donors (Lipinski definition) is 0. The summed E-state index contributed by atoms with van der Waals surface area (Å²) in [6.07, 6.45) is 0. The summed E-state index contributed by atoms with van der Waals surface area (Å²) in [5.41, 5.74) is 0. The molecule has 0 aromatic heterocycles. The molecular formula is C3H9ClPb-. The Morgan fingerprint density at radius 2 is 1.00 bits per heavy atom. The van der Waals surface area contributed by atoms with Gasteiger partial charge in [-0.2, -0.15) is 0 Å². The molecule has 0 aromatic carbocycles. The van der Waals surface area contributed by atoms with E-state index in [2.05, 4.69) is 13.4 Å². The average Bonchev–Trinajstić information content (AvgIpc) is 0.811. The molecule has 0 atom stereocenters. The molecule has 0 saturated carbocycles. The number of halogens is 1. The predicted octanol–water partition coefficient (Wildman–Crippen LogP) is -1.63. The van der Waals surface area contributed by atoms with E-state index in [-0.39, 0.29) is 12.4 Å². The van der Waals surface area contributed by atoms with E-state index in [4.69, 9.17) is 0 Å². The van der Waals surface area contributed by atoms with E-state index in [0.717, 1.165) is 0 Å². The zero-order valence-corrected chi connectivity index (χ0v) is 8.52. The van der Waals surface area contributed by atoms with Crippen molar-refractivity contribution in [2.75, 3.05) is 0 Å². The van der Waals surface area contributed by atoms with Crippen LogP contribution in [0.1, 0.15) is 0 Å². The van der Waals surface area contributed by atoms with Crippen LogP contribution in [0.2, 0.25) is 13.4 Å². The smallest absolute Gasteiger partial charge is 1.00 e. The summed E-state index contributed by atoms with van der Waals surface area (Å²) >= 11 is -0.657. The molecular weight excluding hydrogens is 279 g/mol. The molecule has 0 aliphatic rings. The van der Waals surface area contributed by atoms with E-state index in [9.17, 15) is 0 Å². The van der Waals surface area contributed by atoms with E-state index >= 15 is 0 Å². The second kappa shape index (κ2) is 5.21. The minimum absolute atomic E-state index is 0. The molecule has 0 saturated heterocycles. The molecule has 0 aliphatic heterocycles. The quantitative estimate of drug-likeness (QED) is 0.470. The van der Waals surface area contributed by atoms with Crippen LogP contribution >= 0.6 is 0 Å². The molecule has 33 valence electrons. The van der Waals surface area contributed by atoms with Crippen molar-refractivity contribution >= 4 is 22.7 Å². The van der Waals surface area contributed by atoms with Crippen LogP contribution in [0, 0.1) is 0 Å². The van der Waals surface area contributed by atoms with Gasteiger partial charge in [0.15, 0.2) is 0 Å². The van der Waals surface area contributed by atoms with Gasteiger partial charge >= 0.3 is 36.2 Å². The fourth-order valence-electron chi connectivity index (χ4n) is 0. The Morgan fingerprint density at radius 3 is 1.00 bits per heavy atom. The third-order valence-corrected chi connectivity index (χ3v) is 0. The Kier molecular flexibility index (Phi) is 9.92. The first kappa shape index (κ1) is 9.51. The van der Waals surface area contributed by atoms with Gasteiger partial charge in [-0.15, -0.1) is 0 Å². The van der Waals surface area contributed by atoms with Crippen LogP contribution in [0.5, 0.6) is 0 Å². The first-order chi connectivity index (χ1) is 1.73. The topological polar surface area (TPSA) is 0 Å². The monoisotopic (exact) mass is 288 g/mol. The van der Waals surface area contributed by atoms with Crippen molar-refractivity contribution in [3.8, 4) is 0 Å². The molecule has 0 nitrogen and oxygen atoms in total. The van der Waals surface area contributed by atoms with Crippen LogP contribution in [0.3, 0.4) is 0 Å². The summed E-state index contributed by atoms with van der Waals surface area (Å²) in [4.78, 5) is 0. The molecule has 5 heavy (non-hydrogen) atoms. The van der Waals surface area contributed by atoms with Gasteiger partial charge in [-0.3, -0.25) is 0 Å². The molecule has 2 heteroatoms. The summed E-state index contributed by atoms with van der Waals surface area (Å²) in [5, 5.41) is 0. The van der Waals surface area contributed by atoms with E-state index in [1.165, 1.54) is 0 Å². The van der Waals surface area contributed by atoms with E-state index in [0.29, 0.717) is 0 Å². The van der Waals surface area contributed by atoms with Crippen molar-refractivity contribution in [3.05, 3.63) is 0 Å². The summed E-state index contributed by atoms with van der Waals surface area (Å²) in [5.74, 6) is 0. The van der Waals surface area contributed by atoms with Crippen molar-refractivity contribution in [3.63, 3.8) is 0 Å². The van der Waals surface area contributed by atoms with Gasteiger partial charge in [-0.05, 0) is 0 Å². The number of rotatable bonds is 0. The molecule has 0 aliphatic carbocycles. The van der Waals surface area contributed by atoms with Crippen molar-refractivity contribution in [2.45, 2.75) is 13.4 Å². The summed E-state index contributed by atoms with van der Waals surface area (Å²) in [6, 6.07) is 0. The Hall–Kier alpha value is 1.21. The van der Waals surface area contributed by atoms with Gasteiger partial charge in [0.05, 0.1) is 0 Å². The minimum atomic E-state index is -0.657. The molecule has 0 rings (SSSR count). The van der Waals surface area contributed by atoms with Gasteiger partial charge in [0.25, 0.3) is 0 Å². The summed E-state index contributed by atoms with van der Waals surface area (Å²) in [7, 11) is 0. The third-order valence-electron chi connectivity index (χ3n) is 0. The predicted molar refractivity (Wildman–Crippen MR) is 23.3 cm³/mol.